The van der Waals surface area contributed by atoms with E-state index in [-0.39, 0.29) is 0 Å². The van der Waals surface area contributed by atoms with Crippen LogP contribution in [-0.4, -0.2) is 0 Å². The van der Waals surface area contributed by atoms with E-state index < -0.39 is 0 Å². The first kappa shape index (κ1) is 13.2. The molecule has 0 spiro atoms. The molecule has 21 heavy (non-hydrogen) atoms. The molecule has 2 aromatic carbocycles. The molecular formula is C19H15NO. The van der Waals surface area contributed by atoms with Crippen molar-refractivity contribution in [2.24, 2.45) is 0 Å². The lowest BCUT2D eigenvalue weighted by Crippen LogP contribution is -2.17. The van der Waals surface area contributed by atoms with Crippen LogP contribution >= 0.6 is 0 Å². The van der Waals surface area contributed by atoms with Gasteiger partial charge in [0.2, 0.25) is 0 Å². The van der Waals surface area contributed by atoms with E-state index in [0.717, 1.165) is 16.2 Å². The lowest BCUT2D eigenvalue weighted by atomic mass is 10.1. The predicted octanol–water partition coefficient (Wildman–Crippen LogP) is 3.16. The van der Waals surface area contributed by atoms with E-state index in [9.17, 15) is 0 Å². The van der Waals surface area contributed by atoms with Crippen molar-refractivity contribution >= 4 is 23.6 Å². The quantitative estimate of drug-likeness (QED) is 0.683. The predicted molar refractivity (Wildman–Crippen MR) is 85.2 cm³/mol. The zero-order valence-electron chi connectivity index (χ0n) is 12.1. The molecule has 1 aromatic heterocycles. The van der Waals surface area contributed by atoms with Gasteiger partial charge in [-0.25, -0.2) is 0 Å². The number of rotatable bonds is 1. The van der Waals surface area contributed by atoms with Crippen LogP contribution in [0.2, 0.25) is 0 Å². The van der Waals surface area contributed by atoms with Crippen molar-refractivity contribution in [2.75, 3.05) is 0 Å². The van der Waals surface area contributed by atoms with Crippen LogP contribution in [0.25, 0.3) is 23.6 Å². The monoisotopic (exact) mass is 273 g/mol. The summed E-state index contributed by atoms with van der Waals surface area (Å²) in [5, 5.41) is 10.9. The fourth-order valence-corrected chi connectivity index (χ4v) is 2.40. The van der Waals surface area contributed by atoms with Crippen molar-refractivity contribution in [1.82, 2.24) is 0 Å². The first-order chi connectivity index (χ1) is 10.1. The number of para-hydroxylation sites is 1. The third-order valence-corrected chi connectivity index (χ3v) is 3.80. The zero-order valence-corrected chi connectivity index (χ0v) is 12.1. The lowest BCUT2D eigenvalue weighted by Gasteiger charge is -1.99. The minimum absolute atomic E-state index is 0.539. The van der Waals surface area contributed by atoms with Crippen molar-refractivity contribution in [2.45, 2.75) is 13.8 Å². The van der Waals surface area contributed by atoms with Crippen molar-refractivity contribution in [1.29, 1.82) is 5.26 Å². The van der Waals surface area contributed by atoms with Crippen LogP contribution < -0.4 is 10.6 Å². The topological polar surface area (TPSA) is 36.9 Å². The molecule has 3 aromatic rings. The number of fused-ring (bicyclic) bond motifs is 1. The summed E-state index contributed by atoms with van der Waals surface area (Å²) in [6, 6.07) is 14.0. The first-order valence-electron chi connectivity index (χ1n) is 6.79. The Bertz CT molecular complexity index is 987. The van der Waals surface area contributed by atoms with Crippen LogP contribution in [0.15, 0.2) is 40.8 Å². The molecule has 0 bridgehead atoms. The molecule has 0 aliphatic carbocycles. The number of nitrogens with zero attached hydrogens (tertiary/aromatic N) is 1. The van der Waals surface area contributed by atoms with E-state index in [1.807, 2.05) is 18.2 Å². The van der Waals surface area contributed by atoms with Crippen molar-refractivity contribution in [3.8, 4) is 6.07 Å². The molecule has 1 heterocycles. The number of aryl methyl sites for hydroxylation is 2. The maximum atomic E-state index is 9.15. The number of benzene rings is 2. The van der Waals surface area contributed by atoms with Crippen molar-refractivity contribution in [3.05, 3.63) is 69.3 Å². The number of furan rings is 1. The maximum Gasteiger partial charge on any atom is 0.153 e. The van der Waals surface area contributed by atoms with Crippen molar-refractivity contribution < 1.29 is 4.42 Å². The Labute approximate surface area is 123 Å². The highest BCUT2D eigenvalue weighted by Crippen LogP contribution is 2.14. The summed E-state index contributed by atoms with van der Waals surface area (Å²) in [4.78, 5) is 0. The van der Waals surface area contributed by atoms with Gasteiger partial charge in [0.05, 0.1) is 5.56 Å². The number of hydrogen-bond acceptors (Lipinski definition) is 2. The SMILES string of the molecule is C=c1/c(=C/c2ccc(C)c(C)c2)oc2c(C#N)cccc12. The van der Waals surface area contributed by atoms with Gasteiger partial charge in [-0.15, -0.1) is 0 Å². The number of nitriles is 1. The van der Waals surface area contributed by atoms with Crippen LogP contribution in [0, 0.1) is 25.2 Å². The smallest absolute Gasteiger partial charge is 0.153 e. The van der Waals surface area contributed by atoms with Gasteiger partial charge in [-0.05, 0) is 42.7 Å². The van der Waals surface area contributed by atoms with Crippen LogP contribution in [0.4, 0.5) is 0 Å². The summed E-state index contributed by atoms with van der Waals surface area (Å²) in [5.74, 6) is 0. The largest absolute Gasteiger partial charge is 0.455 e. The normalized spacial score (nSPS) is 11.8. The molecule has 0 fully saturated rings. The fraction of sp³-hybridized carbons (Fsp3) is 0.105. The zero-order chi connectivity index (χ0) is 15.0. The van der Waals surface area contributed by atoms with Gasteiger partial charge in [0.1, 0.15) is 11.5 Å². The molecule has 0 saturated carbocycles. The summed E-state index contributed by atoms with van der Waals surface area (Å²) >= 11 is 0. The second-order valence-electron chi connectivity index (χ2n) is 5.23. The summed E-state index contributed by atoms with van der Waals surface area (Å²) < 4.78 is 5.85. The molecule has 0 amide bonds. The first-order valence-corrected chi connectivity index (χ1v) is 6.79. The Balaban J connectivity index is 2.28. The third kappa shape index (κ3) is 2.23. The molecule has 2 nitrogen and oxygen atoms in total. The van der Waals surface area contributed by atoms with Gasteiger partial charge < -0.3 is 4.42 Å². The van der Waals surface area contributed by atoms with Gasteiger partial charge in [-0.2, -0.15) is 5.26 Å². The van der Waals surface area contributed by atoms with Crippen LogP contribution in [-0.2, 0) is 0 Å². The third-order valence-electron chi connectivity index (χ3n) is 3.80. The highest BCUT2D eigenvalue weighted by atomic mass is 16.3. The minimum atomic E-state index is 0.539. The Hall–Kier alpha value is -2.79. The lowest BCUT2D eigenvalue weighted by molar-refractivity contribution is 0.575. The van der Waals surface area contributed by atoms with E-state index in [0.29, 0.717) is 16.6 Å². The fourth-order valence-electron chi connectivity index (χ4n) is 2.40. The summed E-state index contributed by atoms with van der Waals surface area (Å²) in [7, 11) is 0. The Morgan fingerprint density at radius 2 is 1.95 bits per heavy atom. The van der Waals surface area contributed by atoms with Gasteiger partial charge in [0.15, 0.2) is 5.58 Å². The molecule has 0 atom stereocenters. The minimum Gasteiger partial charge on any atom is -0.455 e. The van der Waals surface area contributed by atoms with Crippen LogP contribution in [0.1, 0.15) is 22.3 Å². The molecular weight excluding hydrogens is 258 g/mol. The van der Waals surface area contributed by atoms with Crippen LogP contribution in [0.5, 0.6) is 0 Å². The van der Waals surface area contributed by atoms with Crippen LogP contribution in [0.3, 0.4) is 0 Å². The van der Waals surface area contributed by atoms with Gasteiger partial charge in [0.25, 0.3) is 0 Å². The molecule has 0 unspecified atom stereocenters. The summed E-state index contributed by atoms with van der Waals surface area (Å²) in [6.07, 6.45) is 1.97. The van der Waals surface area contributed by atoms with Crippen molar-refractivity contribution in [3.63, 3.8) is 0 Å². The second kappa shape index (κ2) is 4.96. The van der Waals surface area contributed by atoms with Gasteiger partial charge in [0, 0.05) is 10.6 Å². The molecule has 102 valence electrons. The molecule has 0 aliphatic heterocycles. The van der Waals surface area contributed by atoms with Gasteiger partial charge >= 0.3 is 0 Å². The molecule has 0 saturated heterocycles. The summed E-state index contributed by atoms with van der Waals surface area (Å²) in [5.41, 5.74) is 5.43. The highest BCUT2D eigenvalue weighted by Gasteiger charge is 2.06. The molecule has 2 heteroatoms. The van der Waals surface area contributed by atoms with E-state index >= 15 is 0 Å². The van der Waals surface area contributed by atoms with E-state index in [2.05, 4.69) is 44.7 Å². The average Bonchev–Trinajstić information content (AvgIpc) is 2.80. The molecule has 0 aliphatic rings. The van der Waals surface area contributed by atoms with E-state index in [4.69, 9.17) is 9.68 Å². The standard InChI is InChI=1S/C19H15NO/c1-12-7-8-15(9-13(12)2)10-18-14(3)17-6-4-5-16(11-20)19(17)21-18/h4-10H,3H2,1-2H3/b18-10-. The second-order valence-corrected chi connectivity index (χ2v) is 5.23. The van der Waals surface area contributed by atoms with E-state index in [1.165, 1.54) is 11.1 Å². The highest BCUT2D eigenvalue weighted by molar-refractivity contribution is 5.83. The van der Waals surface area contributed by atoms with E-state index in [1.54, 1.807) is 6.07 Å². The molecule has 0 N–H and O–H groups in total. The number of hydrogen-bond donors (Lipinski definition) is 0. The van der Waals surface area contributed by atoms with Gasteiger partial charge in [-0.1, -0.05) is 36.9 Å². The average molecular weight is 273 g/mol. The Kier molecular flexibility index (Phi) is 3.12. The Morgan fingerprint density at radius 1 is 1.14 bits per heavy atom. The summed E-state index contributed by atoms with van der Waals surface area (Å²) in [6.45, 7) is 8.26. The molecule has 0 radical (unpaired) electrons. The Morgan fingerprint density at radius 3 is 2.67 bits per heavy atom. The van der Waals surface area contributed by atoms with Gasteiger partial charge in [-0.3, -0.25) is 0 Å². The maximum absolute atomic E-state index is 9.15. The molecule has 3 rings (SSSR count).